The average Bonchev–Trinajstić information content (AvgIpc) is 2.85. The van der Waals surface area contributed by atoms with Gasteiger partial charge in [-0.15, -0.1) is 0 Å². The number of nitrogens with zero attached hydrogens (tertiary/aromatic N) is 2. The average molecular weight is 292 g/mol. The van der Waals surface area contributed by atoms with E-state index in [-0.39, 0.29) is 12.5 Å². The van der Waals surface area contributed by atoms with Crippen molar-refractivity contribution in [2.75, 3.05) is 5.32 Å². The van der Waals surface area contributed by atoms with Crippen LogP contribution < -0.4 is 9.88 Å². The second-order valence-corrected chi connectivity index (χ2v) is 5.24. The Morgan fingerprint density at radius 3 is 2.86 bits per heavy atom. The third-order valence-corrected chi connectivity index (χ3v) is 3.55. The second kappa shape index (κ2) is 5.85. The summed E-state index contributed by atoms with van der Waals surface area (Å²) >= 11 is 0. The monoisotopic (exact) mass is 292 g/mol. The molecule has 1 heterocycles. The fourth-order valence-corrected chi connectivity index (χ4v) is 2.55. The Bertz CT molecular complexity index is 848. The molecule has 1 amide bonds. The number of fused-ring (bicyclic) bond motifs is 1. The molecule has 0 aliphatic carbocycles. The molecule has 0 aliphatic heterocycles. The number of carbonyl (C=O) groups excluding carboxylic acids is 1. The quantitative estimate of drug-likeness (QED) is 0.738. The van der Waals surface area contributed by atoms with Gasteiger partial charge >= 0.3 is 0 Å². The van der Waals surface area contributed by atoms with Gasteiger partial charge in [-0.3, -0.25) is 4.79 Å². The maximum atomic E-state index is 12.3. The van der Waals surface area contributed by atoms with E-state index in [1.54, 1.807) is 6.20 Å². The minimum atomic E-state index is -0.0532. The number of benzene rings is 2. The van der Waals surface area contributed by atoms with E-state index < -0.39 is 0 Å². The van der Waals surface area contributed by atoms with Crippen LogP contribution in [0.15, 0.2) is 61.4 Å². The van der Waals surface area contributed by atoms with E-state index in [2.05, 4.69) is 11.9 Å². The fourth-order valence-electron chi connectivity index (χ4n) is 2.55. The summed E-state index contributed by atoms with van der Waals surface area (Å²) in [4.78, 5) is 12.3. The molecule has 0 bridgehead atoms. The van der Waals surface area contributed by atoms with Crippen molar-refractivity contribution in [1.82, 2.24) is 4.57 Å². The van der Waals surface area contributed by atoms with Gasteiger partial charge in [0.1, 0.15) is 0 Å². The maximum absolute atomic E-state index is 12.3. The predicted molar refractivity (Wildman–Crippen MR) is 88.3 cm³/mol. The van der Waals surface area contributed by atoms with Gasteiger partial charge in [-0.1, -0.05) is 30.8 Å². The zero-order chi connectivity index (χ0) is 15.5. The molecular weight excluding hydrogens is 274 g/mol. The number of amides is 1. The smallest absolute Gasteiger partial charge is 0.266 e. The molecule has 0 aliphatic rings. The lowest BCUT2D eigenvalue weighted by Crippen LogP contribution is -2.39. The number of hydrogen-bond acceptors (Lipinski definition) is 1. The lowest BCUT2D eigenvalue weighted by atomic mass is 10.2. The predicted octanol–water partition coefficient (Wildman–Crippen LogP) is 2.98. The first-order chi connectivity index (χ1) is 10.7. The van der Waals surface area contributed by atoms with Crippen LogP contribution in [-0.4, -0.2) is 10.5 Å². The Morgan fingerprint density at radius 1 is 1.27 bits per heavy atom. The summed E-state index contributed by atoms with van der Waals surface area (Å²) < 4.78 is 3.83. The molecule has 1 aromatic heterocycles. The second-order valence-electron chi connectivity index (χ2n) is 5.24. The van der Waals surface area contributed by atoms with Gasteiger partial charge in [0.2, 0.25) is 6.33 Å². The summed E-state index contributed by atoms with van der Waals surface area (Å²) in [6.45, 7) is 6.06. The van der Waals surface area contributed by atoms with E-state index in [1.807, 2.05) is 70.9 Å². The maximum Gasteiger partial charge on any atom is 0.266 e. The Kier molecular flexibility index (Phi) is 3.74. The number of carbonyl (C=O) groups is 1. The van der Waals surface area contributed by atoms with Crippen molar-refractivity contribution in [3.05, 3.63) is 67.0 Å². The van der Waals surface area contributed by atoms with Crippen LogP contribution in [0.25, 0.3) is 17.2 Å². The molecule has 0 saturated carbocycles. The van der Waals surface area contributed by atoms with E-state index in [9.17, 15) is 4.79 Å². The summed E-state index contributed by atoms with van der Waals surface area (Å²) in [5.41, 5.74) is 3.97. The molecule has 0 saturated heterocycles. The highest BCUT2D eigenvalue weighted by molar-refractivity contribution is 5.90. The first kappa shape index (κ1) is 14.1. The molecule has 22 heavy (non-hydrogen) atoms. The molecule has 0 unspecified atom stereocenters. The molecule has 4 nitrogen and oxygen atoms in total. The summed E-state index contributed by atoms with van der Waals surface area (Å²) in [7, 11) is 0. The van der Waals surface area contributed by atoms with E-state index in [0.717, 1.165) is 22.3 Å². The first-order valence-corrected chi connectivity index (χ1v) is 7.15. The van der Waals surface area contributed by atoms with Crippen molar-refractivity contribution in [2.45, 2.75) is 13.5 Å². The highest BCUT2D eigenvalue weighted by atomic mass is 16.1. The lowest BCUT2D eigenvalue weighted by molar-refractivity contribution is -0.658. The number of imidazole rings is 1. The highest BCUT2D eigenvalue weighted by Crippen LogP contribution is 2.12. The van der Waals surface area contributed by atoms with Crippen LogP contribution >= 0.6 is 0 Å². The Balaban J connectivity index is 1.84. The molecular formula is C18H18N3O+. The number of anilines is 1. The minimum Gasteiger partial charge on any atom is -0.323 e. The molecule has 110 valence electrons. The van der Waals surface area contributed by atoms with Crippen LogP contribution in [0.2, 0.25) is 0 Å². The highest BCUT2D eigenvalue weighted by Gasteiger charge is 2.16. The standard InChI is InChI=1S/C18H17N3O/c1-3-20-13-21(17-10-5-4-9-16(17)20)12-18(22)19-15-8-6-7-14(2)11-15/h3-11,13H,1,12H2,2H3/p+1. The van der Waals surface area contributed by atoms with E-state index in [1.165, 1.54) is 0 Å². The van der Waals surface area contributed by atoms with Gasteiger partial charge in [0.25, 0.3) is 5.91 Å². The van der Waals surface area contributed by atoms with Gasteiger partial charge in [-0.2, -0.15) is 0 Å². The van der Waals surface area contributed by atoms with Crippen molar-refractivity contribution in [2.24, 2.45) is 0 Å². The summed E-state index contributed by atoms with van der Waals surface area (Å²) in [5, 5.41) is 2.93. The number of hydrogen-bond donors (Lipinski definition) is 1. The van der Waals surface area contributed by atoms with Crippen molar-refractivity contribution < 1.29 is 9.36 Å². The van der Waals surface area contributed by atoms with Gasteiger partial charge in [0.15, 0.2) is 17.6 Å². The largest absolute Gasteiger partial charge is 0.323 e. The number of rotatable bonds is 4. The minimum absolute atomic E-state index is 0.0532. The normalized spacial score (nSPS) is 10.6. The molecule has 3 aromatic rings. The number of para-hydroxylation sites is 2. The van der Waals surface area contributed by atoms with Crippen LogP contribution in [0.1, 0.15) is 5.56 Å². The van der Waals surface area contributed by atoms with Crippen molar-refractivity contribution >= 4 is 28.8 Å². The van der Waals surface area contributed by atoms with Crippen LogP contribution in [-0.2, 0) is 11.3 Å². The van der Waals surface area contributed by atoms with E-state index in [4.69, 9.17) is 0 Å². The molecule has 0 fully saturated rings. The van der Waals surface area contributed by atoms with Gasteiger partial charge in [-0.25, -0.2) is 9.13 Å². The van der Waals surface area contributed by atoms with Crippen molar-refractivity contribution in [3.8, 4) is 0 Å². The SMILES string of the molecule is C=Cn1c[n+](CC(=O)Nc2cccc(C)c2)c2ccccc21. The molecule has 3 rings (SSSR count). The molecule has 1 N–H and O–H groups in total. The van der Waals surface area contributed by atoms with Crippen molar-refractivity contribution in [3.63, 3.8) is 0 Å². The van der Waals surface area contributed by atoms with Crippen LogP contribution in [0, 0.1) is 6.92 Å². The number of aromatic nitrogens is 2. The molecule has 0 atom stereocenters. The topological polar surface area (TPSA) is 37.9 Å². The Hall–Kier alpha value is -2.88. The summed E-state index contributed by atoms with van der Waals surface area (Å²) in [6.07, 6.45) is 3.62. The fraction of sp³-hybridized carbons (Fsp3) is 0.111. The third-order valence-electron chi connectivity index (χ3n) is 3.55. The first-order valence-electron chi connectivity index (χ1n) is 7.15. The Morgan fingerprint density at radius 2 is 2.09 bits per heavy atom. The number of nitrogens with one attached hydrogen (secondary N) is 1. The van der Waals surface area contributed by atoms with E-state index in [0.29, 0.717) is 0 Å². The third kappa shape index (κ3) is 2.76. The van der Waals surface area contributed by atoms with Crippen LogP contribution in [0.4, 0.5) is 5.69 Å². The van der Waals surface area contributed by atoms with Crippen LogP contribution in [0.5, 0.6) is 0 Å². The van der Waals surface area contributed by atoms with Gasteiger partial charge in [-0.05, 0) is 36.8 Å². The van der Waals surface area contributed by atoms with Gasteiger partial charge in [0, 0.05) is 5.69 Å². The molecule has 2 aromatic carbocycles. The van der Waals surface area contributed by atoms with Crippen LogP contribution in [0.3, 0.4) is 0 Å². The summed E-state index contributed by atoms with van der Waals surface area (Å²) in [6, 6.07) is 15.7. The molecule has 0 radical (unpaired) electrons. The molecule has 4 heteroatoms. The summed E-state index contributed by atoms with van der Waals surface area (Å²) in [5.74, 6) is -0.0532. The zero-order valence-electron chi connectivity index (χ0n) is 12.5. The van der Waals surface area contributed by atoms with Crippen molar-refractivity contribution in [1.29, 1.82) is 0 Å². The van der Waals surface area contributed by atoms with Gasteiger partial charge in [0.05, 0.1) is 6.20 Å². The molecule has 0 spiro atoms. The number of aryl methyl sites for hydroxylation is 1. The van der Waals surface area contributed by atoms with E-state index >= 15 is 0 Å². The zero-order valence-corrected chi connectivity index (χ0v) is 12.5. The van der Waals surface area contributed by atoms with Gasteiger partial charge < -0.3 is 5.32 Å². The lowest BCUT2D eigenvalue weighted by Gasteiger charge is -2.04. The Labute approximate surface area is 129 Å².